The molecule has 1 aromatic rings. The molecule has 4 nitrogen and oxygen atoms in total. The molecule has 1 aliphatic heterocycles. The molecule has 2 fully saturated rings. The Morgan fingerprint density at radius 3 is 2.09 bits per heavy atom. The molecule has 2 N–H and O–H groups in total. The Kier molecular flexibility index (Phi) is 7.39. The second-order valence-corrected chi connectivity index (χ2v) is 9.57. The quantitative estimate of drug-likeness (QED) is 0.584. The number of hydrogen-bond donors (Lipinski definition) is 2. The van der Waals surface area contributed by atoms with Crippen LogP contribution in [-0.2, 0) is 23.7 Å². The van der Waals surface area contributed by atoms with E-state index in [1.54, 1.807) is 0 Å². The topological polar surface area (TPSA) is 52.6 Å². The fraction of sp³-hybridized carbons (Fsp3) is 0.696. The summed E-state index contributed by atoms with van der Waals surface area (Å²) in [6.45, 7) is 4.89. The highest BCUT2D eigenvalue weighted by molar-refractivity contribution is 5.83. The number of hydrogen-bond acceptors (Lipinski definition) is 3. The van der Waals surface area contributed by atoms with Crippen LogP contribution in [0.3, 0.4) is 0 Å². The lowest BCUT2D eigenvalue weighted by molar-refractivity contribution is -0.143. The third kappa shape index (κ3) is 5.82. The Bertz CT molecular complexity index is 814. The van der Waals surface area contributed by atoms with Gasteiger partial charge in [-0.3, -0.25) is 4.79 Å². The summed E-state index contributed by atoms with van der Waals surface area (Å²) in [6, 6.07) is 1.54. The summed E-state index contributed by atoms with van der Waals surface area (Å²) < 4.78 is 78.7. The zero-order chi connectivity index (χ0) is 24.6. The first kappa shape index (κ1) is 25.8. The van der Waals surface area contributed by atoms with Crippen LogP contribution in [0.4, 0.5) is 26.3 Å². The van der Waals surface area contributed by atoms with Crippen LogP contribution in [0.1, 0.15) is 62.6 Å². The van der Waals surface area contributed by atoms with Crippen LogP contribution in [-0.4, -0.2) is 41.1 Å². The summed E-state index contributed by atoms with van der Waals surface area (Å²) in [4.78, 5) is 15.5. The van der Waals surface area contributed by atoms with Crippen molar-refractivity contribution in [2.75, 3.05) is 13.1 Å². The van der Waals surface area contributed by atoms with Gasteiger partial charge in [0.05, 0.1) is 22.6 Å². The van der Waals surface area contributed by atoms with Gasteiger partial charge in [0, 0.05) is 25.7 Å². The van der Waals surface area contributed by atoms with Crippen LogP contribution in [0.25, 0.3) is 0 Å². The highest BCUT2D eigenvalue weighted by atomic mass is 19.4. The van der Waals surface area contributed by atoms with Gasteiger partial charge in [0.25, 0.3) is 0 Å². The van der Waals surface area contributed by atoms with Gasteiger partial charge in [-0.05, 0) is 61.8 Å². The zero-order valence-electron chi connectivity index (χ0n) is 18.7. The number of aliphatic hydroxyl groups is 1. The number of rotatable bonds is 5. The Labute approximate surface area is 189 Å². The second-order valence-electron chi connectivity index (χ2n) is 9.57. The molecule has 0 spiro atoms. The number of piperidine rings is 1. The number of amides is 1. The van der Waals surface area contributed by atoms with Gasteiger partial charge < -0.3 is 15.3 Å². The van der Waals surface area contributed by atoms with Gasteiger partial charge in [-0.1, -0.05) is 13.8 Å². The summed E-state index contributed by atoms with van der Waals surface area (Å²) >= 11 is 0. The summed E-state index contributed by atoms with van der Waals surface area (Å²) in [5.74, 6) is -0.395. The van der Waals surface area contributed by atoms with Gasteiger partial charge in [-0.2, -0.15) is 26.3 Å². The van der Waals surface area contributed by atoms with Gasteiger partial charge in [-0.25, -0.2) is 0 Å². The monoisotopic (exact) mass is 480 g/mol. The first-order valence-corrected chi connectivity index (χ1v) is 11.2. The molecule has 1 saturated carbocycles. The first-order valence-electron chi connectivity index (χ1n) is 11.2. The number of nitrogens with zero attached hydrogens (tertiary/aromatic N) is 1. The molecule has 0 bridgehead atoms. The molecule has 0 radical (unpaired) electrons. The molecule has 2 aliphatic rings. The van der Waals surface area contributed by atoms with Gasteiger partial charge in [-0.15, -0.1) is 0 Å². The predicted molar refractivity (Wildman–Crippen MR) is 110 cm³/mol. The number of carbonyl (C=O) groups excluding carboxylic acids is 1. The maximum atomic E-state index is 13.2. The molecule has 0 aromatic heterocycles. The Hall–Kier alpha value is -1.81. The average molecular weight is 480 g/mol. The summed E-state index contributed by atoms with van der Waals surface area (Å²) in [5, 5.41) is 12.4. The van der Waals surface area contributed by atoms with Crippen molar-refractivity contribution < 1.29 is 36.2 Å². The van der Waals surface area contributed by atoms with Gasteiger partial charge in [0.15, 0.2) is 0 Å². The van der Waals surface area contributed by atoms with E-state index in [9.17, 15) is 36.2 Å². The van der Waals surface area contributed by atoms with Crippen molar-refractivity contribution in [1.82, 2.24) is 10.2 Å². The van der Waals surface area contributed by atoms with E-state index in [0.29, 0.717) is 37.8 Å². The van der Waals surface area contributed by atoms with Crippen LogP contribution in [0.5, 0.6) is 0 Å². The third-order valence-electron chi connectivity index (χ3n) is 7.20. The van der Waals surface area contributed by atoms with Crippen molar-refractivity contribution >= 4 is 5.91 Å². The number of likely N-dealkylation sites (tertiary alicyclic amines) is 1. The fourth-order valence-corrected chi connectivity index (χ4v) is 5.08. The van der Waals surface area contributed by atoms with Crippen LogP contribution < -0.4 is 5.32 Å². The number of nitrogens with one attached hydrogen (secondary N) is 1. The van der Waals surface area contributed by atoms with E-state index in [1.807, 2.05) is 13.8 Å². The molecule has 3 rings (SSSR count). The Morgan fingerprint density at radius 1 is 1.06 bits per heavy atom. The molecule has 1 amide bonds. The molecule has 186 valence electrons. The Morgan fingerprint density at radius 2 is 1.61 bits per heavy atom. The van der Waals surface area contributed by atoms with Crippen molar-refractivity contribution in [3.05, 3.63) is 34.9 Å². The maximum absolute atomic E-state index is 13.2. The molecule has 2 atom stereocenters. The standard InChI is InChI=1S/C23H30F6N2O2/c1-14(2)21(6-3-18(12-21)31-7-4-19(32)5-8-31)20(33)30-13-15-9-16(22(24,25)26)11-17(10-15)23(27,28)29/h9-11,14,18-19,32H,3-8,12-13H2,1-2H3,(H,30,33). The lowest BCUT2D eigenvalue weighted by Gasteiger charge is -2.37. The summed E-state index contributed by atoms with van der Waals surface area (Å²) in [6.07, 6.45) is -6.87. The van der Waals surface area contributed by atoms with E-state index in [2.05, 4.69) is 10.2 Å². The highest BCUT2D eigenvalue weighted by Gasteiger charge is 2.49. The van der Waals surface area contributed by atoms with Crippen molar-refractivity contribution in [3.8, 4) is 0 Å². The number of halogens is 6. The van der Waals surface area contributed by atoms with Crippen molar-refractivity contribution in [2.45, 2.75) is 77.0 Å². The molecule has 10 heteroatoms. The van der Waals surface area contributed by atoms with Crippen molar-refractivity contribution in [1.29, 1.82) is 0 Å². The van der Waals surface area contributed by atoms with Crippen LogP contribution in [0.15, 0.2) is 18.2 Å². The summed E-state index contributed by atoms with van der Waals surface area (Å²) in [5.41, 5.74) is -3.78. The third-order valence-corrected chi connectivity index (χ3v) is 7.20. The van der Waals surface area contributed by atoms with E-state index in [1.165, 1.54) is 0 Å². The van der Waals surface area contributed by atoms with E-state index < -0.39 is 35.4 Å². The molecule has 33 heavy (non-hydrogen) atoms. The number of alkyl halides is 6. The van der Waals surface area contributed by atoms with Gasteiger partial charge >= 0.3 is 12.4 Å². The number of aliphatic hydroxyl groups excluding tert-OH is 1. The van der Waals surface area contributed by atoms with Crippen molar-refractivity contribution in [3.63, 3.8) is 0 Å². The molecular weight excluding hydrogens is 450 g/mol. The van der Waals surface area contributed by atoms with E-state index >= 15 is 0 Å². The lowest BCUT2D eigenvalue weighted by atomic mass is 9.74. The summed E-state index contributed by atoms with van der Waals surface area (Å²) in [7, 11) is 0. The van der Waals surface area contributed by atoms with Crippen LogP contribution in [0, 0.1) is 11.3 Å². The fourth-order valence-electron chi connectivity index (χ4n) is 5.08. The second kappa shape index (κ2) is 9.44. The minimum Gasteiger partial charge on any atom is -0.393 e. The first-order chi connectivity index (χ1) is 15.2. The van der Waals surface area contributed by atoms with Gasteiger partial charge in [0.2, 0.25) is 5.91 Å². The SMILES string of the molecule is CC(C)C1(C(=O)NCc2cc(C(F)(F)F)cc(C(F)(F)F)c2)CCC(N2CCC(O)CC2)C1. The minimum atomic E-state index is -4.93. The van der Waals surface area contributed by atoms with Crippen LogP contribution in [0.2, 0.25) is 0 Å². The van der Waals surface area contributed by atoms with Crippen LogP contribution >= 0.6 is 0 Å². The van der Waals surface area contributed by atoms with E-state index in [0.717, 1.165) is 19.5 Å². The predicted octanol–water partition coefficient (Wildman–Crippen LogP) is 4.99. The largest absolute Gasteiger partial charge is 0.416 e. The van der Waals surface area contributed by atoms with Crippen molar-refractivity contribution in [2.24, 2.45) is 11.3 Å². The van der Waals surface area contributed by atoms with Gasteiger partial charge in [0.1, 0.15) is 0 Å². The normalized spacial score (nSPS) is 25.6. The number of benzene rings is 1. The zero-order valence-corrected chi connectivity index (χ0v) is 18.7. The lowest BCUT2D eigenvalue weighted by Crippen LogP contribution is -2.46. The molecular formula is C23H30F6N2O2. The highest BCUT2D eigenvalue weighted by Crippen LogP contribution is 2.47. The minimum absolute atomic E-state index is 0.0508. The molecule has 1 aromatic carbocycles. The molecule has 1 heterocycles. The molecule has 1 aliphatic carbocycles. The van der Waals surface area contributed by atoms with E-state index in [4.69, 9.17) is 0 Å². The average Bonchev–Trinajstić information content (AvgIpc) is 3.18. The maximum Gasteiger partial charge on any atom is 0.416 e. The Balaban J connectivity index is 1.74. The number of carbonyl (C=O) groups is 1. The smallest absolute Gasteiger partial charge is 0.393 e. The van der Waals surface area contributed by atoms with E-state index in [-0.39, 0.29) is 35.6 Å². The molecule has 1 saturated heterocycles. The molecule has 2 unspecified atom stereocenters.